The van der Waals surface area contributed by atoms with E-state index in [2.05, 4.69) is 20.7 Å². The van der Waals surface area contributed by atoms with Crippen LogP contribution in [0.2, 0.25) is 0 Å². The maximum atomic E-state index is 13.1. The maximum Gasteiger partial charge on any atom is 0.321 e. The lowest BCUT2D eigenvalue weighted by molar-refractivity contribution is 0.192. The number of carbonyl (C=O) groups is 1. The van der Waals surface area contributed by atoms with E-state index in [1.807, 2.05) is 61.3 Å². The summed E-state index contributed by atoms with van der Waals surface area (Å²) in [5.74, 6) is 0.911. The van der Waals surface area contributed by atoms with Crippen LogP contribution in [0.15, 0.2) is 55.0 Å². The molecule has 9 heteroatoms. The summed E-state index contributed by atoms with van der Waals surface area (Å²) in [6.07, 6.45) is 7.06. The molecule has 4 heterocycles. The Kier molecular flexibility index (Phi) is 6.40. The van der Waals surface area contributed by atoms with Crippen molar-refractivity contribution in [1.82, 2.24) is 24.5 Å². The van der Waals surface area contributed by atoms with Crippen molar-refractivity contribution in [2.75, 3.05) is 23.7 Å². The third-order valence-electron chi connectivity index (χ3n) is 6.56. The van der Waals surface area contributed by atoms with Gasteiger partial charge in [0.05, 0.1) is 5.69 Å². The molecule has 1 aromatic carbocycles. The summed E-state index contributed by atoms with van der Waals surface area (Å²) in [6.45, 7) is 5.93. The van der Waals surface area contributed by atoms with Gasteiger partial charge in [0.15, 0.2) is 5.65 Å². The number of carbonyl (C=O) groups excluding carboxylic acids is 1. The molecule has 2 amide bonds. The summed E-state index contributed by atoms with van der Waals surface area (Å²) < 4.78 is 1.73. The fraction of sp³-hybridized carbons (Fsp3) is 0.308. The number of rotatable bonds is 5. The molecular formula is C26H28BN7O. The number of pyridine rings is 1. The highest BCUT2D eigenvalue weighted by atomic mass is 16.2. The first-order valence-corrected chi connectivity index (χ1v) is 11.9. The van der Waals surface area contributed by atoms with Gasteiger partial charge in [0, 0.05) is 55.9 Å². The second kappa shape index (κ2) is 9.78. The van der Waals surface area contributed by atoms with Crippen LogP contribution in [0.25, 0.3) is 5.65 Å². The van der Waals surface area contributed by atoms with Crippen molar-refractivity contribution in [3.05, 3.63) is 77.4 Å². The number of likely N-dealkylation sites (tertiary alicyclic amines) is 1. The molecule has 1 saturated heterocycles. The summed E-state index contributed by atoms with van der Waals surface area (Å²) in [5, 5.41) is 11.0. The summed E-state index contributed by atoms with van der Waals surface area (Å²) >= 11 is 0. The van der Waals surface area contributed by atoms with E-state index < -0.39 is 0 Å². The Hall–Kier alpha value is -3.88. The number of urea groups is 1. The number of hydrogen-bond acceptors (Lipinski definition) is 5. The van der Waals surface area contributed by atoms with Gasteiger partial charge in [0.2, 0.25) is 0 Å². The smallest absolute Gasteiger partial charge is 0.321 e. The average molecular weight is 465 g/mol. The van der Waals surface area contributed by atoms with Crippen LogP contribution in [-0.4, -0.2) is 51.4 Å². The van der Waals surface area contributed by atoms with Crippen LogP contribution in [0.5, 0.6) is 0 Å². The van der Waals surface area contributed by atoms with Gasteiger partial charge in [-0.05, 0) is 54.9 Å². The molecule has 0 saturated carbocycles. The van der Waals surface area contributed by atoms with Crippen LogP contribution >= 0.6 is 0 Å². The molecule has 0 aliphatic carbocycles. The third-order valence-corrected chi connectivity index (χ3v) is 6.56. The Morgan fingerprint density at radius 3 is 2.77 bits per heavy atom. The minimum atomic E-state index is -0.0769. The van der Waals surface area contributed by atoms with Crippen molar-refractivity contribution >= 4 is 36.5 Å². The number of anilines is 2. The Morgan fingerprint density at radius 1 is 1.17 bits per heavy atom. The first-order chi connectivity index (χ1) is 17.0. The monoisotopic (exact) mass is 465 g/mol. The molecule has 1 aliphatic rings. The first-order valence-electron chi connectivity index (χ1n) is 11.9. The first kappa shape index (κ1) is 22.9. The Bertz CT molecular complexity index is 1330. The van der Waals surface area contributed by atoms with Gasteiger partial charge in [-0.25, -0.2) is 9.78 Å². The van der Waals surface area contributed by atoms with Crippen LogP contribution < -0.4 is 16.1 Å². The molecule has 4 aromatic rings. The van der Waals surface area contributed by atoms with E-state index in [9.17, 15) is 4.79 Å². The van der Waals surface area contributed by atoms with Crippen molar-refractivity contribution in [1.29, 1.82) is 0 Å². The van der Waals surface area contributed by atoms with Gasteiger partial charge in [0.1, 0.15) is 13.7 Å². The van der Waals surface area contributed by atoms with E-state index in [1.54, 1.807) is 16.9 Å². The molecular weight excluding hydrogens is 437 g/mol. The number of aryl methyl sites for hydroxylation is 2. The fourth-order valence-electron chi connectivity index (χ4n) is 4.63. The number of nitrogens with zero attached hydrogens (tertiary/aromatic N) is 5. The summed E-state index contributed by atoms with van der Waals surface area (Å²) in [6, 6.07) is 11.9. The quantitative estimate of drug-likeness (QED) is 0.440. The molecule has 1 atom stereocenters. The van der Waals surface area contributed by atoms with E-state index >= 15 is 0 Å². The van der Waals surface area contributed by atoms with Gasteiger partial charge in [-0.1, -0.05) is 24.3 Å². The molecule has 2 N–H and O–H groups in total. The number of benzene rings is 1. The predicted octanol–water partition coefficient (Wildman–Crippen LogP) is 3.56. The van der Waals surface area contributed by atoms with Crippen LogP contribution in [-0.2, 0) is 6.54 Å². The van der Waals surface area contributed by atoms with Gasteiger partial charge < -0.3 is 15.5 Å². The number of amides is 2. The SMILES string of the molecule is [B]c1cnn2c(NCc3cccnc3)cc(C3CCCN(C(=O)Nc4c(C)cccc4C)C3)nc12. The zero-order chi connectivity index (χ0) is 24.4. The van der Waals surface area contributed by atoms with Gasteiger partial charge >= 0.3 is 6.03 Å². The minimum Gasteiger partial charge on any atom is -0.366 e. The minimum absolute atomic E-state index is 0.0769. The number of fused-ring (bicyclic) bond motifs is 1. The lowest BCUT2D eigenvalue weighted by Gasteiger charge is -2.33. The molecule has 0 spiro atoms. The normalized spacial score (nSPS) is 15.8. The van der Waals surface area contributed by atoms with E-state index in [-0.39, 0.29) is 11.9 Å². The lowest BCUT2D eigenvalue weighted by atomic mass is 9.94. The zero-order valence-electron chi connectivity index (χ0n) is 20.0. The highest BCUT2D eigenvalue weighted by Gasteiger charge is 2.27. The second-order valence-corrected chi connectivity index (χ2v) is 9.10. The fourth-order valence-corrected chi connectivity index (χ4v) is 4.63. The zero-order valence-corrected chi connectivity index (χ0v) is 20.0. The van der Waals surface area contributed by atoms with Crippen molar-refractivity contribution < 1.29 is 4.79 Å². The lowest BCUT2D eigenvalue weighted by Crippen LogP contribution is -2.42. The molecule has 3 aromatic heterocycles. The number of piperidine rings is 1. The van der Waals surface area contributed by atoms with Crippen LogP contribution in [0, 0.1) is 13.8 Å². The summed E-state index contributed by atoms with van der Waals surface area (Å²) in [7, 11) is 6.18. The summed E-state index contributed by atoms with van der Waals surface area (Å²) in [5.41, 5.74) is 6.10. The highest BCUT2D eigenvalue weighted by Crippen LogP contribution is 2.29. The molecule has 0 bridgehead atoms. The molecule has 1 aliphatic heterocycles. The van der Waals surface area contributed by atoms with Gasteiger partial charge in [-0.15, -0.1) is 0 Å². The number of aromatic nitrogens is 4. The highest BCUT2D eigenvalue weighted by molar-refractivity contribution is 6.36. The Morgan fingerprint density at radius 2 is 2.00 bits per heavy atom. The standard InChI is InChI=1S/C26H28BN7O/c1-17-6-3-7-18(2)24(17)32-26(35)33-11-5-9-20(16-33)22-12-23(29-14-19-8-4-10-28-13-19)34-25(31-22)21(27)15-30-34/h3-4,6-8,10,12-13,15,20,29H,5,9,11,14,16H2,1-2H3,(H,32,35). The van der Waals surface area contributed by atoms with Crippen molar-refractivity contribution in [2.45, 2.75) is 39.2 Å². The summed E-state index contributed by atoms with van der Waals surface area (Å²) in [4.78, 5) is 24.1. The van der Waals surface area contributed by atoms with Gasteiger partial charge in [-0.2, -0.15) is 9.61 Å². The molecule has 1 fully saturated rings. The van der Waals surface area contributed by atoms with Crippen molar-refractivity contribution in [2.24, 2.45) is 0 Å². The molecule has 35 heavy (non-hydrogen) atoms. The number of hydrogen-bond donors (Lipinski definition) is 2. The second-order valence-electron chi connectivity index (χ2n) is 9.10. The topological polar surface area (TPSA) is 87.5 Å². The Labute approximate surface area is 206 Å². The average Bonchev–Trinajstić information content (AvgIpc) is 3.26. The van der Waals surface area contributed by atoms with Gasteiger partial charge in [-0.3, -0.25) is 4.98 Å². The van der Waals surface area contributed by atoms with Crippen LogP contribution in [0.4, 0.5) is 16.3 Å². The van der Waals surface area contributed by atoms with E-state index in [0.717, 1.165) is 53.3 Å². The number of para-hydroxylation sites is 1. The molecule has 8 nitrogen and oxygen atoms in total. The third kappa shape index (κ3) is 4.85. The molecule has 2 radical (unpaired) electrons. The van der Waals surface area contributed by atoms with E-state index in [1.165, 1.54) is 0 Å². The van der Waals surface area contributed by atoms with Gasteiger partial charge in [0.25, 0.3) is 0 Å². The Balaban J connectivity index is 1.37. The van der Waals surface area contributed by atoms with Crippen LogP contribution in [0.1, 0.15) is 41.1 Å². The molecule has 5 rings (SSSR count). The predicted molar refractivity (Wildman–Crippen MR) is 138 cm³/mol. The molecule has 1 unspecified atom stereocenters. The number of nitrogens with one attached hydrogen (secondary N) is 2. The van der Waals surface area contributed by atoms with Crippen molar-refractivity contribution in [3.8, 4) is 0 Å². The van der Waals surface area contributed by atoms with Crippen molar-refractivity contribution in [3.63, 3.8) is 0 Å². The maximum absolute atomic E-state index is 13.1. The van der Waals surface area contributed by atoms with Crippen LogP contribution in [0.3, 0.4) is 0 Å². The largest absolute Gasteiger partial charge is 0.366 e. The molecule has 176 valence electrons. The van der Waals surface area contributed by atoms with E-state index in [0.29, 0.717) is 24.2 Å². The van der Waals surface area contributed by atoms with E-state index in [4.69, 9.17) is 12.8 Å².